The van der Waals surface area contributed by atoms with Gasteiger partial charge in [-0.2, -0.15) is 0 Å². The van der Waals surface area contributed by atoms with E-state index in [-0.39, 0.29) is 4.90 Å². The summed E-state index contributed by atoms with van der Waals surface area (Å²) >= 11 is 3.29. The monoisotopic (exact) mass is 383 g/mol. The van der Waals surface area contributed by atoms with E-state index in [1.807, 2.05) is 4.72 Å². The number of carbonyl (C=O) groups excluding carboxylic acids is 1. The molecule has 0 heterocycles. The van der Waals surface area contributed by atoms with Crippen molar-refractivity contribution >= 4 is 37.9 Å². The van der Waals surface area contributed by atoms with Crippen molar-refractivity contribution in [3.8, 4) is 0 Å². The van der Waals surface area contributed by atoms with Gasteiger partial charge in [-0.25, -0.2) is 17.5 Å². The first-order valence-electron chi connectivity index (χ1n) is 6.13. The minimum absolute atomic E-state index is 0.181. The molecule has 2 aromatic rings. The van der Waals surface area contributed by atoms with E-state index < -0.39 is 21.7 Å². The number of sulfonamides is 1. The number of hydrogen-bond donors (Lipinski definition) is 1. The highest BCUT2D eigenvalue weighted by atomic mass is 79.9. The molecule has 0 saturated carbocycles. The Hall–Kier alpha value is -1.99. The zero-order valence-corrected chi connectivity index (χ0v) is 13.6. The summed E-state index contributed by atoms with van der Waals surface area (Å²) in [6.07, 6.45) is 2.60. The van der Waals surface area contributed by atoms with Crippen LogP contribution in [-0.2, 0) is 14.8 Å². The molecule has 0 bridgehead atoms. The molecule has 0 radical (unpaired) electrons. The molecular formula is C15H11BrFNO3S. The maximum absolute atomic E-state index is 12.8. The normalized spacial score (nSPS) is 11.5. The van der Waals surface area contributed by atoms with Crippen LogP contribution in [0, 0.1) is 5.82 Å². The van der Waals surface area contributed by atoms with Gasteiger partial charge in [0.05, 0.1) is 4.90 Å². The van der Waals surface area contributed by atoms with Crippen LogP contribution in [0.3, 0.4) is 0 Å². The Bertz CT molecular complexity index is 800. The zero-order chi connectivity index (χ0) is 16.2. The topological polar surface area (TPSA) is 63.2 Å². The molecule has 22 heavy (non-hydrogen) atoms. The third-order valence-electron chi connectivity index (χ3n) is 2.66. The van der Waals surface area contributed by atoms with Gasteiger partial charge in [0.1, 0.15) is 5.82 Å². The second-order valence-corrected chi connectivity index (χ2v) is 6.91. The molecule has 2 rings (SSSR count). The van der Waals surface area contributed by atoms with Crippen molar-refractivity contribution in [1.29, 1.82) is 0 Å². The van der Waals surface area contributed by atoms with Crippen molar-refractivity contribution in [1.82, 2.24) is 4.72 Å². The van der Waals surface area contributed by atoms with Gasteiger partial charge in [-0.15, -0.1) is 0 Å². The molecule has 0 atom stereocenters. The fraction of sp³-hybridized carbons (Fsp3) is 0. The number of nitrogens with one attached hydrogen (secondary N) is 1. The standard InChI is InChI=1S/C15H11BrFNO3S/c16-12-4-1-11(2-5-12)3-10-15(19)18-22(20,21)14-8-6-13(17)7-9-14/h1-10H,(H,18,19)/b10-3+. The molecule has 0 saturated heterocycles. The molecule has 0 aliphatic rings. The minimum atomic E-state index is -4.01. The second-order valence-electron chi connectivity index (χ2n) is 4.31. The molecule has 1 amide bonds. The molecule has 0 fully saturated rings. The van der Waals surface area contributed by atoms with Crippen LogP contribution < -0.4 is 4.72 Å². The molecule has 7 heteroatoms. The van der Waals surface area contributed by atoms with Gasteiger partial charge in [0.15, 0.2) is 0 Å². The van der Waals surface area contributed by atoms with Gasteiger partial charge in [-0.05, 0) is 48.0 Å². The largest absolute Gasteiger partial charge is 0.269 e. The average molecular weight is 384 g/mol. The van der Waals surface area contributed by atoms with Gasteiger partial charge in [-0.3, -0.25) is 4.79 Å². The maximum Gasteiger partial charge on any atom is 0.264 e. The lowest BCUT2D eigenvalue weighted by molar-refractivity contribution is -0.114. The van der Waals surface area contributed by atoms with Crippen LogP contribution in [0.5, 0.6) is 0 Å². The highest BCUT2D eigenvalue weighted by Gasteiger charge is 2.15. The van der Waals surface area contributed by atoms with Crippen molar-refractivity contribution in [3.05, 3.63) is 70.5 Å². The van der Waals surface area contributed by atoms with Crippen LogP contribution in [0.2, 0.25) is 0 Å². The first-order valence-corrected chi connectivity index (χ1v) is 8.40. The first-order chi connectivity index (χ1) is 10.4. The van der Waals surface area contributed by atoms with E-state index in [2.05, 4.69) is 15.9 Å². The van der Waals surface area contributed by atoms with E-state index >= 15 is 0 Å². The fourth-order valence-electron chi connectivity index (χ4n) is 1.58. The first kappa shape index (κ1) is 16.4. The quantitative estimate of drug-likeness (QED) is 0.825. The maximum atomic E-state index is 12.8. The number of halogens is 2. The van der Waals surface area contributed by atoms with Gasteiger partial charge in [0, 0.05) is 10.5 Å². The highest BCUT2D eigenvalue weighted by Crippen LogP contribution is 2.12. The van der Waals surface area contributed by atoms with Gasteiger partial charge in [-0.1, -0.05) is 28.1 Å². The summed E-state index contributed by atoms with van der Waals surface area (Å²) < 4.78 is 39.4. The van der Waals surface area contributed by atoms with Crippen LogP contribution in [0.25, 0.3) is 6.08 Å². The Balaban J connectivity index is 2.07. The highest BCUT2D eigenvalue weighted by molar-refractivity contribution is 9.10. The number of amides is 1. The van der Waals surface area contributed by atoms with Crippen LogP contribution >= 0.6 is 15.9 Å². The lowest BCUT2D eigenvalue weighted by atomic mass is 10.2. The van der Waals surface area contributed by atoms with Crippen molar-refractivity contribution < 1.29 is 17.6 Å². The number of rotatable bonds is 4. The van der Waals surface area contributed by atoms with E-state index in [4.69, 9.17) is 0 Å². The fourth-order valence-corrected chi connectivity index (χ4v) is 2.79. The van der Waals surface area contributed by atoms with Crippen LogP contribution in [0.4, 0.5) is 4.39 Å². The Morgan fingerprint density at radius 1 is 1.05 bits per heavy atom. The summed E-state index contributed by atoms with van der Waals surface area (Å²) in [6, 6.07) is 11.3. The van der Waals surface area contributed by atoms with Crippen molar-refractivity contribution in [2.45, 2.75) is 4.90 Å². The lowest BCUT2D eigenvalue weighted by Crippen LogP contribution is -2.28. The summed E-state index contributed by atoms with van der Waals surface area (Å²) in [4.78, 5) is 11.5. The van der Waals surface area contributed by atoms with E-state index in [0.717, 1.165) is 40.4 Å². The molecule has 0 aromatic heterocycles. The third-order valence-corrected chi connectivity index (χ3v) is 4.55. The summed E-state index contributed by atoms with van der Waals surface area (Å²) in [5, 5.41) is 0. The average Bonchev–Trinajstić information content (AvgIpc) is 2.46. The predicted octanol–water partition coefficient (Wildman–Crippen LogP) is 3.11. The summed E-state index contributed by atoms with van der Waals surface area (Å²) in [7, 11) is -4.01. The van der Waals surface area contributed by atoms with Gasteiger partial charge in [0.2, 0.25) is 0 Å². The minimum Gasteiger partial charge on any atom is -0.269 e. The molecular weight excluding hydrogens is 373 g/mol. The Morgan fingerprint density at radius 3 is 2.23 bits per heavy atom. The van der Waals surface area contributed by atoms with Crippen LogP contribution in [0.1, 0.15) is 5.56 Å². The van der Waals surface area contributed by atoms with E-state index in [1.165, 1.54) is 6.08 Å². The molecule has 114 valence electrons. The molecule has 0 aliphatic carbocycles. The lowest BCUT2D eigenvalue weighted by Gasteiger charge is -2.04. The third kappa shape index (κ3) is 4.51. The van der Waals surface area contributed by atoms with E-state index in [1.54, 1.807) is 24.3 Å². The number of hydrogen-bond acceptors (Lipinski definition) is 3. The van der Waals surface area contributed by atoms with Crippen molar-refractivity contribution in [2.24, 2.45) is 0 Å². The predicted molar refractivity (Wildman–Crippen MR) is 84.9 cm³/mol. The van der Waals surface area contributed by atoms with Gasteiger partial charge < -0.3 is 0 Å². The SMILES string of the molecule is O=C(/C=C/c1ccc(Br)cc1)NS(=O)(=O)c1ccc(F)cc1. The molecule has 0 unspecified atom stereocenters. The van der Waals surface area contributed by atoms with E-state index in [0.29, 0.717) is 0 Å². The van der Waals surface area contributed by atoms with Crippen LogP contribution in [0.15, 0.2) is 64.0 Å². The van der Waals surface area contributed by atoms with Crippen LogP contribution in [-0.4, -0.2) is 14.3 Å². The molecule has 0 spiro atoms. The summed E-state index contributed by atoms with van der Waals surface area (Å²) in [5.74, 6) is -1.34. The molecule has 0 aliphatic heterocycles. The van der Waals surface area contributed by atoms with Crippen molar-refractivity contribution in [2.75, 3.05) is 0 Å². The molecule has 2 aromatic carbocycles. The smallest absolute Gasteiger partial charge is 0.264 e. The molecule has 4 nitrogen and oxygen atoms in total. The number of carbonyl (C=O) groups is 1. The van der Waals surface area contributed by atoms with Crippen molar-refractivity contribution in [3.63, 3.8) is 0 Å². The Labute approximate surface area is 135 Å². The second kappa shape index (κ2) is 6.85. The zero-order valence-electron chi connectivity index (χ0n) is 11.2. The molecule has 1 N–H and O–H groups in total. The van der Waals surface area contributed by atoms with E-state index in [9.17, 15) is 17.6 Å². The number of benzene rings is 2. The Morgan fingerprint density at radius 2 is 1.64 bits per heavy atom. The Kier molecular flexibility index (Phi) is 5.10. The summed E-state index contributed by atoms with van der Waals surface area (Å²) in [5.41, 5.74) is 0.748. The summed E-state index contributed by atoms with van der Waals surface area (Å²) in [6.45, 7) is 0. The van der Waals surface area contributed by atoms with Gasteiger partial charge in [0.25, 0.3) is 15.9 Å². The van der Waals surface area contributed by atoms with Gasteiger partial charge >= 0.3 is 0 Å².